The van der Waals surface area contributed by atoms with Crippen molar-refractivity contribution in [3.05, 3.63) is 28.5 Å². The first-order valence-corrected chi connectivity index (χ1v) is 3.84. The zero-order valence-electron chi connectivity index (χ0n) is 6.56. The fourth-order valence-corrected chi connectivity index (χ4v) is 1.10. The third-order valence-corrected chi connectivity index (χ3v) is 1.78. The van der Waals surface area contributed by atoms with Crippen molar-refractivity contribution < 1.29 is 9.50 Å². The number of rotatable bonds is 2. The van der Waals surface area contributed by atoms with E-state index in [9.17, 15) is 9.50 Å². The molecule has 0 saturated carbocycles. The van der Waals surface area contributed by atoms with Crippen LogP contribution in [0.5, 0.6) is 5.75 Å². The zero-order chi connectivity index (χ0) is 9.14. The lowest BCUT2D eigenvalue weighted by atomic mass is 10.2. The van der Waals surface area contributed by atoms with E-state index in [1.807, 2.05) is 0 Å². The molecule has 0 aliphatic rings. The quantitative estimate of drug-likeness (QED) is 0.745. The number of hydrogen-bond acceptors (Lipinski definition) is 2. The van der Waals surface area contributed by atoms with Crippen molar-refractivity contribution >= 4 is 11.6 Å². The Kier molecular flexibility index (Phi) is 2.89. The Labute approximate surface area is 75.0 Å². The summed E-state index contributed by atoms with van der Waals surface area (Å²) >= 11 is 5.51. The first kappa shape index (κ1) is 9.29. The van der Waals surface area contributed by atoms with Gasteiger partial charge in [-0.25, -0.2) is 4.39 Å². The third-order valence-electron chi connectivity index (χ3n) is 1.49. The Balaban J connectivity index is 3.05. The smallest absolute Gasteiger partial charge is 0.145 e. The zero-order valence-corrected chi connectivity index (χ0v) is 7.32. The van der Waals surface area contributed by atoms with Gasteiger partial charge in [0.15, 0.2) is 0 Å². The highest BCUT2D eigenvalue weighted by atomic mass is 35.5. The summed E-state index contributed by atoms with van der Waals surface area (Å²) in [4.78, 5) is 0. The summed E-state index contributed by atoms with van der Waals surface area (Å²) in [6.07, 6.45) is 0. The molecular weight excluding hydrogens is 181 g/mol. The number of aromatic hydroxyl groups is 1. The average molecular weight is 190 g/mol. The van der Waals surface area contributed by atoms with Gasteiger partial charge < -0.3 is 10.4 Å². The lowest BCUT2D eigenvalue weighted by molar-refractivity contribution is 0.460. The Morgan fingerprint density at radius 1 is 1.58 bits per heavy atom. The summed E-state index contributed by atoms with van der Waals surface area (Å²) in [5, 5.41) is 12.1. The normalized spacial score (nSPS) is 10.2. The highest BCUT2D eigenvalue weighted by Gasteiger charge is 2.06. The second-order valence-corrected chi connectivity index (χ2v) is 2.83. The number of phenols is 1. The number of nitrogens with one attached hydrogen (secondary N) is 1. The SMILES string of the molecule is CNCc1cc(Cl)c(F)cc1O. The summed E-state index contributed by atoms with van der Waals surface area (Å²) < 4.78 is 12.7. The van der Waals surface area contributed by atoms with Gasteiger partial charge in [-0.15, -0.1) is 0 Å². The monoisotopic (exact) mass is 189 g/mol. The first-order valence-electron chi connectivity index (χ1n) is 3.46. The lowest BCUT2D eigenvalue weighted by Gasteiger charge is -2.04. The van der Waals surface area contributed by atoms with Gasteiger partial charge in [0.25, 0.3) is 0 Å². The molecule has 1 rings (SSSR count). The number of halogens is 2. The third kappa shape index (κ3) is 1.87. The predicted molar refractivity (Wildman–Crippen MR) is 45.8 cm³/mol. The largest absolute Gasteiger partial charge is 0.508 e. The van der Waals surface area contributed by atoms with Gasteiger partial charge in [-0.3, -0.25) is 0 Å². The molecule has 12 heavy (non-hydrogen) atoms. The van der Waals surface area contributed by atoms with E-state index in [0.717, 1.165) is 6.07 Å². The van der Waals surface area contributed by atoms with Crippen molar-refractivity contribution in [3.8, 4) is 5.75 Å². The minimum Gasteiger partial charge on any atom is -0.508 e. The van der Waals surface area contributed by atoms with Crippen LogP contribution in [0.3, 0.4) is 0 Å². The van der Waals surface area contributed by atoms with Gasteiger partial charge in [0.1, 0.15) is 11.6 Å². The van der Waals surface area contributed by atoms with Crippen LogP contribution < -0.4 is 5.32 Å². The van der Waals surface area contributed by atoms with Gasteiger partial charge in [0.05, 0.1) is 5.02 Å². The number of benzene rings is 1. The molecule has 0 saturated heterocycles. The summed E-state index contributed by atoms with van der Waals surface area (Å²) in [5.74, 6) is -0.680. The van der Waals surface area contributed by atoms with Crippen LogP contribution in [-0.2, 0) is 6.54 Å². The molecule has 0 spiro atoms. The van der Waals surface area contributed by atoms with E-state index in [2.05, 4.69) is 5.32 Å². The van der Waals surface area contributed by atoms with Crippen LogP contribution in [-0.4, -0.2) is 12.2 Å². The topological polar surface area (TPSA) is 32.3 Å². The molecule has 0 atom stereocenters. The van der Waals surface area contributed by atoms with E-state index in [-0.39, 0.29) is 10.8 Å². The van der Waals surface area contributed by atoms with Gasteiger partial charge in [-0.1, -0.05) is 11.6 Å². The van der Waals surface area contributed by atoms with Gasteiger partial charge in [0, 0.05) is 18.2 Å². The number of hydrogen-bond donors (Lipinski definition) is 2. The standard InChI is InChI=1S/C8H9ClFNO/c1-11-4-5-2-6(9)7(10)3-8(5)12/h2-3,11-12H,4H2,1H3. The molecule has 0 amide bonds. The molecule has 0 unspecified atom stereocenters. The summed E-state index contributed by atoms with van der Waals surface area (Å²) in [7, 11) is 1.73. The van der Waals surface area contributed by atoms with Crippen molar-refractivity contribution in [1.29, 1.82) is 0 Å². The average Bonchev–Trinajstić information content (AvgIpc) is 2.01. The van der Waals surface area contributed by atoms with E-state index in [0.29, 0.717) is 12.1 Å². The van der Waals surface area contributed by atoms with E-state index in [1.165, 1.54) is 6.07 Å². The van der Waals surface area contributed by atoms with E-state index >= 15 is 0 Å². The van der Waals surface area contributed by atoms with Crippen LogP contribution in [0.4, 0.5) is 4.39 Å². The molecule has 0 aliphatic carbocycles. The Bertz CT molecular complexity index is 291. The van der Waals surface area contributed by atoms with Crippen molar-refractivity contribution in [3.63, 3.8) is 0 Å². The highest BCUT2D eigenvalue weighted by Crippen LogP contribution is 2.24. The Morgan fingerprint density at radius 2 is 2.25 bits per heavy atom. The second kappa shape index (κ2) is 3.74. The van der Waals surface area contributed by atoms with E-state index in [1.54, 1.807) is 7.05 Å². The molecule has 0 bridgehead atoms. The summed E-state index contributed by atoms with van der Waals surface area (Å²) in [6.45, 7) is 0.464. The van der Waals surface area contributed by atoms with Crippen molar-refractivity contribution in [2.24, 2.45) is 0 Å². The molecule has 66 valence electrons. The minimum absolute atomic E-state index is 0.0260. The van der Waals surface area contributed by atoms with Crippen LogP contribution in [0.15, 0.2) is 12.1 Å². The van der Waals surface area contributed by atoms with Crippen LogP contribution in [0.25, 0.3) is 0 Å². The van der Waals surface area contributed by atoms with Gasteiger partial charge in [-0.2, -0.15) is 0 Å². The molecule has 1 aromatic carbocycles. The molecule has 0 fully saturated rings. The molecule has 2 nitrogen and oxygen atoms in total. The summed E-state index contributed by atoms with van der Waals surface area (Å²) in [6, 6.07) is 2.41. The Morgan fingerprint density at radius 3 is 2.83 bits per heavy atom. The van der Waals surface area contributed by atoms with Crippen LogP contribution in [0.1, 0.15) is 5.56 Å². The maximum atomic E-state index is 12.7. The minimum atomic E-state index is -0.603. The van der Waals surface area contributed by atoms with Crippen molar-refractivity contribution in [1.82, 2.24) is 5.32 Å². The van der Waals surface area contributed by atoms with Gasteiger partial charge in [-0.05, 0) is 13.1 Å². The van der Waals surface area contributed by atoms with Crippen molar-refractivity contribution in [2.75, 3.05) is 7.05 Å². The molecule has 2 N–H and O–H groups in total. The summed E-state index contributed by atoms with van der Waals surface area (Å²) in [5.41, 5.74) is 0.587. The molecule has 0 radical (unpaired) electrons. The highest BCUT2D eigenvalue weighted by molar-refractivity contribution is 6.30. The van der Waals surface area contributed by atoms with E-state index < -0.39 is 5.82 Å². The second-order valence-electron chi connectivity index (χ2n) is 2.43. The van der Waals surface area contributed by atoms with Crippen LogP contribution >= 0.6 is 11.6 Å². The molecule has 1 aromatic rings. The molecule has 4 heteroatoms. The molecule has 0 aromatic heterocycles. The van der Waals surface area contributed by atoms with Gasteiger partial charge >= 0.3 is 0 Å². The molecule has 0 aliphatic heterocycles. The first-order chi connectivity index (χ1) is 5.65. The maximum absolute atomic E-state index is 12.7. The Hall–Kier alpha value is -0.800. The van der Waals surface area contributed by atoms with Crippen LogP contribution in [0.2, 0.25) is 5.02 Å². The lowest BCUT2D eigenvalue weighted by Crippen LogP contribution is -2.05. The molecule has 0 heterocycles. The fourth-order valence-electron chi connectivity index (χ4n) is 0.910. The maximum Gasteiger partial charge on any atom is 0.145 e. The van der Waals surface area contributed by atoms with Crippen LogP contribution in [0, 0.1) is 5.82 Å². The van der Waals surface area contributed by atoms with E-state index in [4.69, 9.17) is 11.6 Å². The number of phenolic OH excluding ortho intramolecular Hbond substituents is 1. The molecular formula is C8H9ClFNO. The van der Waals surface area contributed by atoms with Crippen molar-refractivity contribution in [2.45, 2.75) is 6.54 Å². The predicted octanol–water partition coefficient (Wildman–Crippen LogP) is 1.90. The van der Waals surface area contributed by atoms with Gasteiger partial charge in [0.2, 0.25) is 0 Å². The fraction of sp³-hybridized carbons (Fsp3) is 0.250.